The van der Waals surface area contributed by atoms with Crippen molar-refractivity contribution in [3.8, 4) is 11.6 Å². The van der Waals surface area contributed by atoms with Gasteiger partial charge in [0, 0.05) is 29.9 Å². The van der Waals surface area contributed by atoms with Gasteiger partial charge in [-0.2, -0.15) is 0 Å². The van der Waals surface area contributed by atoms with Gasteiger partial charge in [-0.25, -0.2) is 4.79 Å². The molecule has 0 spiro atoms. The van der Waals surface area contributed by atoms with Gasteiger partial charge in [-0.05, 0) is 47.5 Å². The number of anilines is 1. The van der Waals surface area contributed by atoms with Crippen molar-refractivity contribution in [3.05, 3.63) is 54.9 Å². The van der Waals surface area contributed by atoms with Gasteiger partial charge in [-0.1, -0.05) is 27.7 Å². The summed E-state index contributed by atoms with van der Waals surface area (Å²) < 4.78 is 0. The van der Waals surface area contributed by atoms with Gasteiger partial charge >= 0.3 is 5.69 Å². The highest BCUT2D eigenvalue weighted by atomic mass is 16.3. The first kappa shape index (κ1) is 20.1. The molecule has 7 nitrogen and oxygen atoms in total. The summed E-state index contributed by atoms with van der Waals surface area (Å²) in [6, 6.07) is 2.00. The second-order valence-corrected chi connectivity index (χ2v) is 9.47. The van der Waals surface area contributed by atoms with Crippen molar-refractivity contribution in [2.75, 3.05) is 18.0 Å². The Hall–Kier alpha value is -3.18. The standard InChI is InChI=1S/C23H27N3O4/c1-22(2)8-10-26-11-9-23(3,4)16-17(26)15(22)12-13(18(16)27)6-5-7-14-19(28)24-21(30)25-20(14)29/h6-7,12,27H,8-11H2,1-4H3,(H3,24,25,28,29,30). The van der Waals surface area contributed by atoms with E-state index in [-0.39, 0.29) is 22.1 Å². The number of phenolic OH excluding ortho intramolecular Hbond substituents is 1. The number of hydrogen-bond acceptors (Lipinski definition) is 5. The monoisotopic (exact) mass is 409 g/mol. The van der Waals surface area contributed by atoms with E-state index in [1.807, 2.05) is 6.07 Å². The van der Waals surface area contributed by atoms with Crippen LogP contribution in [0.5, 0.6) is 11.6 Å². The van der Waals surface area contributed by atoms with Crippen molar-refractivity contribution in [3.63, 3.8) is 0 Å². The number of nitrogens with zero attached hydrogens (tertiary/aromatic N) is 1. The lowest BCUT2D eigenvalue weighted by Gasteiger charge is -2.48. The number of aromatic nitrogens is 2. The highest BCUT2D eigenvalue weighted by molar-refractivity contribution is 5.77. The van der Waals surface area contributed by atoms with E-state index >= 15 is 0 Å². The summed E-state index contributed by atoms with van der Waals surface area (Å²) >= 11 is 0. The average molecular weight is 409 g/mol. The maximum absolute atomic E-state index is 11.9. The molecule has 158 valence electrons. The van der Waals surface area contributed by atoms with Crippen LogP contribution in [0, 0.1) is 0 Å². The SMILES string of the molecule is CC1(C)CCN2CCC(C)(C)c3c(O)c(C=C=Cc4c(O)[nH]c(=O)[nH]c4=O)cc1c32. The second-order valence-electron chi connectivity index (χ2n) is 9.47. The van der Waals surface area contributed by atoms with Gasteiger partial charge in [0.25, 0.3) is 5.56 Å². The Balaban J connectivity index is 1.90. The zero-order chi connectivity index (χ0) is 21.8. The molecule has 2 aliphatic heterocycles. The van der Waals surface area contributed by atoms with Crippen LogP contribution in [-0.4, -0.2) is 33.3 Å². The molecule has 2 aromatic rings. The Morgan fingerprint density at radius 2 is 1.70 bits per heavy atom. The van der Waals surface area contributed by atoms with Gasteiger partial charge in [0.05, 0.1) is 0 Å². The van der Waals surface area contributed by atoms with Crippen LogP contribution in [0.15, 0.2) is 21.4 Å². The predicted molar refractivity (Wildman–Crippen MR) is 117 cm³/mol. The number of rotatable bonds is 2. The molecular weight excluding hydrogens is 382 g/mol. The molecular formula is C23H27N3O4. The third-order valence-corrected chi connectivity index (χ3v) is 6.46. The molecule has 30 heavy (non-hydrogen) atoms. The molecule has 0 aliphatic carbocycles. The normalized spacial score (nSPS) is 18.3. The van der Waals surface area contributed by atoms with Gasteiger partial charge < -0.3 is 15.1 Å². The van der Waals surface area contributed by atoms with Crippen molar-refractivity contribution in [1.82, 2.24) is 9.97 Å². The Morgan fingerprint density at radius 1 is 1.03 bits per heavy atom. The van der Waals surface area contributed by atoms with E-state index in [1.165, 1.54) is 11.6 Å². The first-order valence-corrected chi connectivity index (χ1v) is 10.2. The third-order valence-electron chi connectivity index (χ3n) is 6.46. The molecule has 0 fully saturated rings. The number of benzene rings is 1. The van der Waals surface area contributed by atoms with Crippen LogP contribution in [0.1, 0.15) is 62.8 Å². The van der Waals surface area contributed by atoms with Gasteiger partial charge in [0.2, 0.25) is 5.88 Å². The van der Waals surface area contributed by atoms with Crippen molar-refractivity contribution in [2.24, 2.45) is 0 Å². The summed E-state index contributed by atoms with van der Waals surface area (Å²) in [6.07, 6.45) is 4.88. The van der Waals surface area contributed by atoms with Crippen LogP contribution in [0.25, 0.3) is 12.2 Å². The van der Waals surface area contributed by atoms with E-state index in [9.17, 15) is 19.8 Å². The fourth-order valence-corrected chi connectivity index (χ4v) is 4.54. The number of nitrogens with one attached hydrogen (secondary N) is 2. The minimum Gasteiger partial charge on any atom is -0.507 e. The molecule has 0 radical (unpaired) electrons. The minimum atomic E-state index is -0.779. The highest BCUT2D eigenvalue weighted by Gasteiger charge is 2.42. The molecule has 0 saturated carbocycles. The summed E-state index contributed by atoms with van der Waals surface area (Å²) in [5.41, 5.74) is 5.02. The molecule has 1 aromatic carbocycles. The lowest BCUT2D eigenvalue weighted by molar-refractivity contribution is 0.378. The van der Waals surface area contributed by atoms with E-state index in [1.54, 1.807) is 6.08 Å². The molecule has 0 atom stereocenters. The molecule has 0 amide bonds. The fraction of sp³-hybridized carbons (Fsp3) is 0.435. The first-order valence-electron chi connectivity index (χ1n) is 10.2. The highest BCUT2D eigenvalue weighted by Crippen LogP contribution is 2.53. The first-order chi connectivity index (χ1) is 14.0. The topological polar surface area (TPSA) is 109 Å². The Bertz CT molecular complexity index is 1210. The fourth-order valence-electron chi connectivity index (χ4n) is 4.54. The lowest BCUT2D eigenvalue weighted by atomic mass is 9.68. The molecule has 0 saturated heterocycles. The van der Waals surface area contributed by atoms with Crippen LogP contribution in [0.3, 0.4) is 0 Å². The molecule has 0 unspecified atom stereocenters. The van der Waals surface area contributed by atoms with Crippen LogP contribution < -0.4 is 16.1 Å². The van der Waals surface area contributed by atoms with Crippen molar-refractivity contribution in [2.45, 2.75) is 51.4 Å². The van der Waals surface area contributed by atoms with Gasteiger partial charge in [0.1, 0.15) is 11.3 Å². The average Bonchev–Trinajstić information content (AvgIpc) is 2.63. The zero-order valence-corrected chi connectivity index (χ0v) is 17.7. The summed E-state index contributed by atoms with van der Waals surface area (Å²) in [4.78, 5) is 29.7. The quantitative estimate of drug-likeness (QED) is 0.570. The summed E-state index contributed by atoms with van der Waals surface area (Å²) in [5, 5.41) is 21.0. The third kappa shape index (κ3) is 3.15. The molecule has 3 heterocycles. The van der Waals surface area contributed by atoms with E-state index < -0.39 is 17.1 Å². The van der Waals surface area contributed by atoms with Crippen molar-refractivity contribution in [1.29, 1.82) is 0 Å². The molecule has 4 rings (SSSR count). The number of aromatic amines is 2. The summed E-state index contributed by atoms with van der Waals surface area (Å²) in [7, 11) is 0. The molecule has 2 aliphatic rings. The number of phenols is 1. The Kier molecular flexibility index (Phi) is 4.47. The van der Waals surface area contributed by atoms with E-state index in [0.717, 1.165) is 37.2 Å². The predicted octanol–water partition coefficient (Wildman–Crippen LogP) is 2.97. The van der Waals surface area contributed by atoms with Gasteiger partial charge in [-0.15, -0.1) is 5.73 Å². The van der Waals surface area contributed by atoms with E-state index in [0.29, 0.717) is 5.56 Å². The van der Waals surface area contributed by atoms with Crippen LogP contribution in [0.4, 0.5) is 5.69 Å². The van der Waals surface area contributed by atoms with Crippen molar-refractivity contribution < 1.29 is 10.2 Å². The maximum Gasteiger partial charge on any atom is 0.328 e. The van der Waals surface area contributed by atoms with Gasteiger partial charge in [-0.3, -0.25) is 14.8 Å². The van der Waals surface area contributed by atoms with Crippen LogP contribution >= 0.6 is 0 Å². The number of H-pyrrole nitrogens is 2. The van der Waals surface area contributed by atoms with Crippen LogP contribution in [0.2, 0.25) is 0 Å². The van der Waals surface area contributed by atoms with Gasteiger partial charge in [0.15, 0.2) is 0 Å². The smallest absolute Gasteiger partial charge is 0.328 e. The summed E-state index contributed by atoms with van der Waals surface area (Å²) in [6.45, 7) is 10.7. The molecule has 0 bridgehead atoms. The second kappa shape index (κ2) is 6.67. The number of aromatic hydroxyl groups is 2. The molecule has 1 aromatic heterocycles. The zero-order valence-electron chi connectivity index (χ0n) is 17.7. The van der Waals surface area contributed by atoms with Crippen molar-refractivity contribution >= 4 is 17.8 Å². The Labute approximate surface area is 174 Å². The molecule has 4 N–H and O–H groups in total. The largest absolute Gasteiger partial charge is 0.507 e. The lowest BCUT2D eigenvalue weighted by Crippen LogP contribution is -2.44. The Morgan fingerprint density at radius 3 is 2.37 bits per heavy atom. The van der Waals surface area contributed by atoms with E-state index in [2.05, 4.69) is 48.3 Å². The molecule has 7 heteroatoms. The van der Waals surface area contributed by atoms with E-state index in [4.69, 9.17) is 0 Å². The minimum absolute atomic E-state index is 0.0255. The summed E-state index contributed by atoms with van der Waals surface area (Å²) in [5.74, 6) is -0.297. The van der Waals surface area contributed by atoms with Crippen LogP contribution in [-0.2, 0) is 10.8 Å². The maximum atomic E-state index is 11.9. The number of hydrogen-bond donors (Lipinski definition) is 4.